The highest BCUT2D eigenvalue weighted by atomic mass is 32.1. The molecule has 0 aliphatic rings. The Hall–Kier alpha value is -4.18. The Balaban J connectivity index is 1.39. The number of anilines is 1. The summed E-state index contributed by atoms with van der Waals surface area (Å²) in [4.78, 5) is 43.7. The Kier molecular flexibility index (Phi) is 5.86. The minimum Gasteiger partial charge on any atom is -0.452 e. The van der Waals surface area contributed by atoms with Gasteiger partial charge in [-0.3, -0.25) is 25.2 Å². The molecule has 32 heavy (non-hydrogen) atoms. The van der Waals surface area contributed by atoms with Crippen LogP contribution in [0.3, 0.4) is 0 Å². The van der Waals surface area contributed by atoms with E-state index in [2.05, 4.69) is 15.3 Å². The summed E-state index contributed by atoms with van der Waals surface area (Å²) in [5.41, 5.74) is 2.91. The number of carbonyl (C=O) groups excluding carboxylic acids is 2. The van der Waals surface area contributed by atoms with Crippen molar-refractivity contribution in [3.05, 3.63) is 81.3 Å². The molecule has 10 heteroatoms. The smallest absolute Gasteiger partial charge is 0.339 e. The van der Waals surface area contributed by atoms with Gasteiger partial charge in [0.1, 0.15) is 0 Å². The van der Waals surface area contributed by atoms with Crippen LogP contribution in [0.4, 0.5) is 10.8 Å². The molecular formula is C22H16N4O5S. The van der Waals surface area contributed by atoms with Crippen LogP contribution in [0.15, 0.2) is 60.0 Å². The van der Waals surface area contributed by atoms with Gasteiger partial charge >= 0.3 is 5.97 Å². The number of hydrogen-bond acceptors (Lipinski definition) is 8. The van der Waals surface area contributed by atoms with Crippen molar-refractivity contribution in [2.75, 3.05) is 11.9 Å². The highest BCUT2D eigenvalue weighted by Crippen LogP contribution is 2.26. The van der Waals surface area contributed by atoms with Gasteiger partial charge in [0.25, 0.3) is 11.6 Å². The fourth-order valence-electron chi connectivity index (χ4n) is 3.06. The van der Waals surface area contributed by atoms with Gasteiger partial charge in [0, 0.05) is 34.2 Å². The van der Waals surface area contributed by atoms with Gasteiger partial charge in [-0.25, -0.2) is 9.78 Å². The lowest BCUT2D eigenvalue weighted by Crippen LogP contribution is -2.21. The molecule has 0 saturated heterocycles. The maximum atomic E-state index is 12.5. The fraction of sp³-hybridized carbons (Fsp3) is 0.0909. The van der Waals surface area contributed by atoms with Crippen molar-refractivity contribution < 1.29 is 19.2 Å². The summed E-state index contributed by atoms with van der Waals surface area (Å²) in [5.74, 6) is -1.15. The quantitative estimate of drug-likeness (QED) is 0.264. The number of para-hydroxylation sites is 1. The van der Waals surface area contributed by atoms with E-state index in [0.717, 1.165) is 0 Å². The van der Waals surface area contributed by atoms with Gasteiger partial charge in [-0.05, 0) is 31.2 Å². The van der Waals surface area contributed by atoms with Crippen molar-refractivity contribution in [1.29, 1.82) is 0 Å². The first-order valence-electron chi connectivity index (χ1n) is 9.44. The first-order chi connectivity index (χ1) is 15.4. The molecule has 160 valence electrons. The molecule has 1 N–H and O–H groups in total. The second kappa shape index (κ2) is 8.90. The Morgan fingerprint density at radius 2 is 1.88 bits per heavy atom. The number of hydrogen-bond donors (Lipinski definition) is 1. The van der Waals surface area contributed by atoms with Crippen molar-refractivity contribution in [3.8, 4) is 11.3 Å². The molecular weight excluding hydrogens is 432 g/mol. The maximum Gasteiger partial charge on any atom is 0.339 e. The number of nitro groups is 1. The normalized spacial score (nSPS) is 10.7. The molecule has 0 saturated carbocycles. The van der Waals surface area contributed by atoms with E-state index < -0.39 is 23.4 Å². The monoisotopic (exact) mass is 448 g/mol. The fourth-order valence-corrected chi connectivity index (χ4v) is 3.79. The molecule has 1 amide bonds. The first kappa shape index (κ1) is 21.1. The molecule has 2 aromatic heterocycles. The molecule has 0 bridgehead atoms. The zero-order valence-electron chi connectivity index (χ0n) is 16.8. The lowest BCUT2D eigenvalue weighted by molar-refractivity contribution is -0.384. The second-order valence-corrected chi connectivity index (χ2v) is 7.65. The summed E-state index contributed by atoms with van der Waals surface area (Å²) in [5, 5.41) is 16.0. The molecule has 0 atom stereocenters. The zero-order chi connectivity index (χ0) is 22.7. The standard InChI is InChI=1S/C22H16N4O5S/c1-13-10-17(16-4-2-3-5-18(16)23-13)21(28)31-11-20(27)25-22-24-19(12-32-22)14-6-8-15(9-7-14)26(29)30/h2-10,12H,11H2,1H3,(H,24,25,27). The predicted octanol–water partition coefficient (Wildman–Crippen LogP) is 4.37. The van der Waals surface area contributed by atoms with Crippen molar-refractivity contribution in [2.24, 2.45) is 0 Å². The summed E-state index contributed by atoms with van der Waals surface area (Å²) >= 11 is 1.19. The number of fused-ring (bicyclic) bond motifs is 1. The van der Waals surface area contributed by atoms with Crippen molar-refractivity contribution in [3.63, 3.8) is 0 Å². The SMILES string of the molecule is Cc1cc(C(=O)OCC(=O)Nc2nc(-c3ccc([N+](=O)[O-])cc3)cs2)c2ccccc2n1. The molecule has 0 spiro atoms. The van der Waals surface area contributed by atoms with Crippen molar-refractivity contribution in [1.82, 2.24) is 9.97 Å². The summed E-state index contributed by atoms with van der Waals surface area (Å²) in [6, 6.07) is 14.8. The molecule has 0 aliphatic heterocycles. The van der Waals surface area contributed by atoms with Crippen LogP contribution in [0.2, 0.25) is 0 Å². The van der Waals surface area contributed by atoms with Crippen LogP contribution in [-0.2, 0) is 9.53 Å². The summed E-state index contributed by atoms with van der Waals surface area (Å²) < 4.78 is 5.19. The number of carbonyl (C=O) groups is 2. The molecule has 2 heterocycles. The number of aromatic nitrogens is 2. The summed E-state index contributed by atoms with van der Waals surface area (Å²) in [6.07, 6.45) is 0. The van der Waals surface area contributed by atoms with Gasteiger partial charge in [0.05, 0.1) is 21.7 Å². The van der Waals surface area contributed by atoms with Gasteiger partial charge in [0.2, 0.25) is 0 Å². The van der Waals surface area contributed by atoms with Crippen LogP contribution in [0.5, 0.6) is 0 Å². The van der Waals surface area contributed by atoms with Crippen LogP contribution >= 0.6 is 11.3 Å². The first-order valence-corrected chi connectivity index (χ1v) is 10.3. The number of pyridine rings is 1. The number of nitro benzene ring substituents is 1. The van der Waals surface area contributed by atoms with Gasteiger partial charge in [-0.1, -0.05) is 18.2 Å². The second-order valence-electron chi connectivity index (χ2n) is 6.79. The molecule has 9 nitrogen and oxygen atoms in total. The lowest BCUT2D eigenvalue weighted by atomic mass is 10.1. The molecule has 0 unspecified atom stereocenters. The van der Waals surface area contributed by atoms with Crippen molar-refractivity contribution in [2.45, 2.75) is 6.92 Å². The van der Waals surface area contributed by atoms with Crippen molar-refractivity contribution >= 4 is 44.9 Å². The number of non-ortho nitro benzene ring substituents is 1. The van der Waals surface area contributed by atoms with E-state index in [1.54, 1.807) is 48.7 Å². The highest BCUT2D eigenvalue weighted by Gasteiger charge is 2.16. The number of esters is 1. The third kappa shape index (κ3) is 4.60. The van der Waals surface area contributed by atoms with E-state index in [4.69, 9.17) is 4.74 Å². The van der Waals surface area contributed by atoms with Gasteiger partial charge < -0.3 is 4.74 Å². The van der Waals surface area contributed by atoms with E-state index in [0.29, 0.717) is 38.5 Å². The summed E-state index contributed by atoms with van der Waals surface area (Å²) in [6.45, 7) is 1.31. The van der Waals surface area contributed by atoms with E-state index >= 15 is 0 Å². The highest BCUT2D eigenvalue weighted by molar-refractivity contribution is 7.14. The predicted molar refractivity (Wildman–Crippen MR) is 120 cm³/mol. The third-order valence-corrected chi connectivity index (χ3v) is 5.28. The topological polar surface area (TPSA) is 124 Å². The Labute approximate surface area is 185 Å². The average molecular weight is 448 g/mol. The van der Waals surface area contributed by atoms with Crippen LogP contribution in [-0.4, -0.2) is 33.4 Å². The number of rotatable bonds is 6. The van der Waals surface area contributed by atoms with Crippen LogP contribution < -0.4 is 5.32 Å². The number of aryl methyl sites for hydroxylation is 1. The number of nitrogens with one attached hydrogen (secondary N) is 1. The Morgan fingerprint density at radius 3 is 2.62 bits per heavy atom. The number of thiazole rings is 1. The number of amides is 1. The van der Waals surface area contributed by atoms with Gasteiger partial charge in [-0.15, -0.1) is 11.3 Å². The van der Waals surface area contributed by atoms with Crippen LogP contribution in [0.1, 0.15) is 16.1 Å². The molecule has 0 fully saturated rings. The Bertz CT molecular complexity index is 1330. The third-order valence-electron chi connectivity index (χ3n) is 4.52. The molecule has 2 aromatic carbocycles. The van der Waals surface area contributed by atoms with E-state index in [1.165, 1.54) is 23.5 Å². The molecule has 0 aliphatic carbocycles. The van der Waals surface area contributed by atoms with E-state index in [9.17, 15) is 19.7 Å². The summed E-state index contributed by atoms with van der Waals surface area (Å²) in [7, 11) is 0. The van der Waals surface area contributed by atoms with E-state index in [-0.39, 0.29) is 5.69 Å². The number of ether oxygens (including phenoxy) is 1. The largest absolute Gasteiger partial charge is 0.452 e. The minimum atomic E-state index is -0.618. The molecule has 4 rings (SSSR count). The molecule has 0 radical (unpaired) electrons. The van der Waals surface area contributed by atoms with E-state index in [1.807, 2.05) is 6.07 Å². The van der Waals surface area contributed by atoms with Crippen LogP contribution in [0, 0.1) is 17.0 Å². The van der Waals surface area contributed by atoms with Crippen LogP contribution in [0.25, 0.3) is 22.2 Å². The zero-order valence-corrected chi connectivity index (χ0v) is 17.6. The number of benzene rings is 2. The average Bonchev–Trinajstić information content (AvgIpc) is 3.25. The Morgan fingerprint density at radius 1 is 1.12 bits per heavy atom. The van der Waals surface area contributed by atoms with Gasteiger partial charge in [-0.2, -0.15) is 0 Å². The molecule has 4 aromatic rings. The lowest BCUT2D eigenvalue weighted by Gasteiger charge is -2.08. The maximum absolute atomic E-state index is 12.5. The number of nitrogens with zero attached hydrogens (tertiary/aromatic N) is 3. The minimum absolute atomic E-state index is 0.0171. The van der Waals surface area contributed by atoms with Gasteiger partial charge in [0.15, 0.2) is 11.7 Å².